The molecule has 2 aliphatic rings. The van der Waals surface area contributed by atoms with Crippen molar-refractivity contribution in [1.82, 2.24) is 25.2 Å². The largest absolute Gasteiger partial charge is 0.304 e. The lowest BCUT2D eigenvalue weighted by molar-refractivity contribution is -0.115. The number of fused-ring (bicyclic) bond motifs is 1. The highest BCUT2D eigenvalue weighted by atomic mass is 35.5. The van der Waals surface area contributed by atoms with Gasteiger partial charge in [0.15, 0.2) is 5.82 Å². The van der Waals surface area contributed by atoms with Gasteiger partial charge in [-0.15, -0.1) is 5.10 Å². The van der Waals surface area contributed by atoms with Gasteiger partial charge in [-0.2, -0.15) is 0 Å². The number of rotatable bonds is 6. The number of carbonyl (C=O) groups is 1. The van der Waals surface area contributed by atoms with E-state index in [0.717, 1.165) is 68.3 Å². The van der Waals surface area contributed by atoms with E-state index in [4.69, 9.17) is 23.2 Å². The van der Waals surface area contributed by atoms with Crippen LogP contribution in [0.2, 0.25) is 10.0 Å². The first-order valence-electron chi connectivity index (χ1n) is 12.0. The molecule has 1 aromatic heterocycles. The number of nitrogens with zero attached hydrogens (tertiary/aromatic N) is 4. The van der Waals surface area contributed by atoms with E-state index in [-0.39, 0.29) is 11.6 Å². The summed E-state index contributed by atoms with van der Waals surface area (Å²) in [7, 11) is 0. The average Bonchev–Trinajstić information content (AvgIpc) is 3.29. The molecule has 0 spiro atoms. The van der Waals surface area contributed by atoms with E-state index in [1.807, 2.05) is 19.1 Å². The maximum atomic E-state index is 15.1. The van der Waals surface area contributed by atoms with E-state index in [9.17, 15) is 4.79 Å². The monoisotopic (exact) mass is 515 g/mol. The van der Waals surface area contributed by atoms with Gasteiger partial charge in [0.25, 0.3) is 0 Å². The summed E-state index contributed by atoms with van der Waals surface area (Å²) in [6, 6.07) is 8.57. The molecule has 1 unspecified atom stereocenters. The Morgan fingerprint density at radius 1 is 1.26 bits per heavy atom. The van der Waals surface area contributed by atoms with Crippen LogP contribution in [0.3, 0.4) is 0 Å². The summed E-state index contributed by atoms with van der Waals surface area (Å²) in [5, 5.41) is 12.8. The lowest BCUT2D eigenvalue weighted by Crippen LogP contribution is -2.57. The third-order valence-corrected chi connectivity index (χ3v) is 7.80. The van der Waals surface area contributed by atoms with E-state index >= 15 is 4.39 Å². The molecule has 2 aliphatic heterocycles. The van der Waals surface area contributed by atoms with Gasteiger partial charge in [0.1, 0.15) is 11.8 Å². The summed E-state index contributed by atoms with van der Waals surface area (Å²) in [6.45, 7) is 5.07. The minimum atomic E-state index is -0.453. The van der Waals surface area contributed by atoms with Crippen LogP contribution in [0.1, 0.15) is 49.8 Å². The van der Waals surface area contributed by atoms with Crippen LogP contribution in [0.25, 0.3) is 16.6 Å². The van der Waals surface area contributed by atoms with Crippen LogP contribution in [0.15, 0.2) is 36.4 Å². The van der Waals surface area contributed by atoms with Crippen molar-refractivity contribution in [3.8, 4) is 0 Å². The Morgan fingerprint density at radius 3 is 2.80 bits per heavy atom. The fraction of sp³-hybridized carbons (Fsp3) is 0.423. The van der Waals surface area contributed by atoms with Crippen LogP contribution in [0.4, 0.5) is 4.39 Å². The Labute approximate surface area is 214 Å². The van der Waals surface area contributed by atoms with Crippen molar-refractivity contribution in [2.24, 2.45) is 0 Å². The van der Waals surface area contributed by atoms with Gasteiger partial charge in [-0.25, -0.2) is 9.07 Å². The maximum Gasteiger partial charge on any atom is 0.153 e. The summed E-state index contributed by atoms with van der Waals surface area (Å²) in [4.78, 5) is 14.1. The molecule has 0 radical (unpaired) electrons. The first-order valence-corrected chi connectivity index (χ1v) is 12.8. The third-order valence-electron chi connectivity index (χ3n) is 7.23. The molecule has 0 aliphatic carbocycles. The van der Waals surface area contributed by atoms with Gasteiger partial charge >= 0.3 is 0 Å². The molecule has 9 heteroatoms. The molecule has 0 amide bonds. The minimum absolute atomic E-state index is 0.236. The molecule has 1 fully saturated rings. The van der Waals surface area contributed by atoms with E-state index in [1.165, 1.54) is 0 Å². The van der Waals surface area contributed by atoms with Crippen molar-refractivity contribution in [3.63, 3.8) is 0 Å². The standard InChI is InChI=1S/C26H28Cl2FN5O/c1-17(21-5-4-20(27)14-22(21)28)34-24-13-19(12-23(29)25(24)31-32-34)18-6-10-33(11-7-18)15-26(16-35)8-2-3-9-30-26/h4-6,12-14,16-17,30H,2-3,7-11,15H2,1H3/t17-,26?/m1/s1. The Morgan fingerprint density at radius 2 is 2.11 bits per heavy atom. The number of hydrogen-bond donors (Lipinski definition) is 1. The Balaban J connectivity index is 1.40. The Bertz CT molecular complexity index is 1280. The molecule has 35 heavy (non-hydrogen) atoms. The molecule has 0 saturated carbocycles. The zero-order valence-electron chi connectivity index (χ0n) is 19.6. The number of hydrogen-bond acceptors (Lipinski definition) is 5. The number of piperidine rings is 1. The summed E-state index contributed by atoms with van der Waals surface area (Å²) < 4.78 is 16.8. The predicted octanol–water partition coefficient (Wildman–Crippen LogP) is 5.29. The van der Waals surface area contributed by atoms with Crippen LogP contribution in [-0.2, 0) is 4.79 Å². The second kappa shape index (κ2) is 9.97. The zero-order valence-corrected chi connectivity index (χ0v) is 21.1. The third kappa shape index (κ3) is 4.87. The van der Waals surface area contributed by atoms with E-state index in [2.05, 4.69) is 26.6 Å². The Kier molecular flexibility index (Phi) is 6.95. The van der Waals surface area contributed by atoms with E-state index in [1.54, 1.807) is 22.9 Å². The molecule has 6 nitrogen and oxygen atoms in total. The molecular formula is C26H28Cl2FN5O. The van der Waals surface area contributed by atoms with Crippen LogP contribution < -0.4 is 5.32 Å². The number of benzene rings is 2. The molecule has 184 valence electrons. The lowest BCUT2D eigenvalue weighted by atomic mass is 9.89. The molecule has 3 heterocycles. The van der Waals surface area contributed by atoms with Gasteiger partial charge in [0.05, 0.1) is 17.1 Å². The number of halogens is 3. The summed E-state index contributed by atoms with van der Waals surface area (Å²) in [6.07, 6.45) is 7.05. The van der Waals surface area contributed by atoms with Gasteiger partial charge in [-0.05, 0) is 80.1 Å². The molecule has 1 N–H and O–H groups in total. The zero-order chi connectivity index (χ0) is 24.6. The number of aldehydes is 1. The predicted molar refractivity (Wildman–Crippen MR) is 137 cm³/mol. The molecule has 1 saturated heterocycles. The highest BCUT2D eigenvalue weighted by Gasteiger charge is 2.33. The fourth-order valence-corrected chi connectivity index (χ4v) is 5.79. The highest BCUT2D eigenvalue weighted by Crippen LogP contribution is 2.33. The molecule has 0 bridgehead atoms. The number of nitrogens with one attached hydrogen (secondary N) is 1. The first-order chi connectivity index (χ1) is 16.9. The SMILES string of the molecule is C[C@H](c1ccc(Cl)cc1Cl)n1nnc2c(F)cc(C3=CCN(CC4(C=O)CCCCN4)CC3)cc21. The van der Waals surface area contributed by atoms with Gasteiger partial charge in [0, 0.05) is 29.7 Å². The lowest BCUT2D eigenvalue weighted by Gasteiger charge is -2.39. The molecule has 3 aromatic rings. The summed E-state index contributed by atoms with van der Waals surface area (Å²) in [5.74, 6) is -0.396. The molecule has 2 atom stereocenters. The average molecular weight is 516 g/mol. The minimum Gasteiger partial charge on any atom is -0.304 e. The van der Waals surface area contributed by atoms with Crippen molar-refractivity contribution in [1.29, 1.82) is 0 Å². The molecular weight excluding hydrogens is 488 g/mol. The van der Waals surface area contributed by atoms with Gasteiger partial charge < -0.3 is 10.1 Å². The second-order valence-electron chi connectivity index (χ2n) is 9.57. The first kappa shape index (κ1) is 24.4. The van der Waals surface area contributed by atoms with Gasteiger partial charge in [-0.3, -0.25) is 4.90 Å². The maximum absolute atomic E-state index is 15.1. The normalized spacial score (nSPS) is 22.2. The van der Waals surface area contributed by atoms with Crippen LogP contribution >= 0.6 is 23.2 Å². The number of carbonyl (C=O) groups excluding carboxylic acids is 1. The highest BCUT2D eigenvalue weighted by molar-refractivity contribution is 6.35. The van der Waals surface area contributed by atoms with E-state index < -0.39 is 11.4 Å². The topological polar surface area (TPSA) is 63.1 Å². The fourth-order valence-electron chi connectivity index (χ4n) is 5.22. The van der Waals surface area contributed by atoms with Crippen LogP contribution in [0.5, 0.6) is 0 Å². The van der Waals surface area contributed by atoms with Crippen molar-refractivity contribution in [3.05, 3.63) is 63.4 Å². The van der Waals surface area contributed by atoms with Crippen molar-refractivity contribution in [2.45, 2.75) is 44.2 Å². The molecule has 2 aromatic carbocycles. The van der Waals surface area contributed by atoms with Crippen molar-refractivity contribution < 1.29 is 9.18 Å². The Hall–Kier alpha value is -2.32. The second-order valence-corrected chi connectivity index (χ2v) is 10.4. The summed E-state index contributed by atoms with van der Waals surface area (Å²) >= 11 is 12.5. The van der Waals surface area contributed by atoms with Crippen molar-refractivity contribution in [2.75, 3.05) is 26.2 Å². The van der Waals surface area contributed by atoms with Crippen LogP contribution in [0, 0.1) is 5.82 Å². The summed E-state index contributed by atoms with van der Waals surface area (Å²) in [5.41, 5.74) is 3.15. The van der Waals surface area contributed by atoms with Gasteiger partial charge in [-0.1, -0.05) is 40.6 Å². The molecule has 5 rings (SSSR count). The van der Waals surface area contributed by atoms with E-state index in [0.29, 0.717) is 22.1 Å². The quantitative estimate of drug-likeness (QED) is 0.452. The number of aromatic nitrogens is 3. The van der Waals surface area contributed by atoms with Gasteiger partial charge in [0.2, 0.25) is 0 Å². The smallest absolute Gasteiger partial charge is 0.153 e. The van der Waals surface area contributed by atoms with Crippen LogP contribution in [-0.4, -0.2) is 57.9 Å². The van der Waals surface area contributed by atoms with Crippen molar-refractivity contribution >= 4 is 46.1 Å².